The predicted octanol–water partition coefficient (Wildman–Crippen LogP) is 3.37. The summed E-state index contributed by atoms with van der Waals surface area (Å²) in [5, 5.41) is 0. The standard InChI is InChI=1S/C22H40N2O3/c1-17(2)21(25)15-23-11-7-19(8-12-23)5-6-20-9-13-24(14-10-20)22(26)16-27-18(3)4/h17-20H,5-16H2,1-4H3. The third-order valence-corrected chi connectivity index (χ3v) is 6.22. The number of carbonyl (C=O) groups is 2. The van der Waals surface area contributed by atoms with E-state index in [-0.39, 0.29) is 24.5 Å². The number of rotatable bonds is 9. The third kappa shape index (κ3) is 7.90. The van der Waals surface area contributed by atoms with E-state index in [0.717, 1.165) is 50.9 Å². The van der Waals surface area contributed by atoms with Gasteiger partial charge >= 0.3 is 0 Å². The van der Waals surface area contributed by atoms with Gasteiger partial charge in [-0.15, -0.1) is 0 Å². The van der Waals surface area contributed by atoms with E-state index in [2.05, 4.69) is 4.90 Å². The van der Waals surface area contributed by atoms with Gasteiger partial charge in [-0.25, -0.2) is 0 Å². The number of ketones is 1. The van der Waals surface area contributed by atoms with Crippen LogP contribution in [0.15, 0.2) is 0 Å². The Labute approximate surface area is 165 Å². The molecule has 2 rings (SSSR count). The predicted molar refractivity (Wildman–Crippen MR) is 109 cm³/mol. The van der Waals surface area contributed by atoms with Gasteiger partial charge in [-0.2, -0.15) is 0 Å². The van der Waals surface area contributed by atoms with Crippen LogP contribution in [0.3, 0.4) is 0 Å². The molecule has 0 spiro atoms. The van der Waals surface area contributed by atoms with E-state index in [9.17, 15) is 9.59 Å². The van der Waals surface area contributed by atoms with Crippen LogP contribution in [0, 0.1) is 17.8 Å². The molecule has 5 nitrogen and oxygen atoms in total. The van der Waals surface area contributed by atoms with E-state index in [0.29, 0.717) is 12.3 Å². The lowest BCUT2D eigenvalue weighted by atomic mass is 9.85. The van der Waals surface area contributed by atoms with E-state index < -0.39 is 0 Å². The van der Waals surface area contributed by atoms with Crippen molar-refractivity contribution >= 4 is 11.7 Å². The Bertz CT molecular complexity index is 462. The minimum absolute atomic E-state index is 0.112. The highest BCUT2D eigenvalue weighted by Crippen LogP contribution is 2.28. The molecule has 2 fully saturated rings. The molecule has 0 N–H and O–H groups in total. The van der Waals surface area contributed by atoms with Crippen molar-refractivity contribution in [3.8, 4) is 0 Å². The number of amides is 1. The van der Waals surface area contributed by atoms with Gasteiger partial charge in [-0.3, -0.25) is 14.5 Å². The highest BCUT2D eigenvalue weighted by Gasteiger charge is 2.25. The normalized spacial score (nSPS) is 20.6. The average molecular weight is 381 g/mol. The molecule has 0 aromatic carbocycles. The molecule has 0 aliphatic carbocycles. The number of hydrogen-bond acceptors (Lipinski definition) is 4. The van der Waals surface area contributed by atoms with Gasteiger partial charge in [-0.1, -0.05) is 26.7 Å². The zero-order valence-corrected chi connectivity index (χ0v) is 17.9. The molecular formula is C22H40N2O3. The Hall–Kier alpha value is -0.940. The first-order chi connectivity index (χ1) is 12.8. The van der Waals surface area contributed by atoms with Crippen LogP contribution in [0.4, 0.5) is 0 Å². The molecule has 27 heavy (non-hydrogen) atoms. The van der Waals surface area contributed by atoms with Crippen molar-refractivity contribution in [1.82, 2.24) is 9.80 Å². The molecule has 0 unspecified atom stereocenters. The minimum atomic E-state index is 0.112. The molecule has 156 valence electrons. The first-order valence-corrected chi connectivity index (χ1v) is 11.0. The van der Waals surface area contributed by atoms with Crippen molar-refractivity contribution in [2.24, 2.45) is 17.8 Å². The Kier molecular flexibility index (Phi) is 9.24. The number of nitrogens with zero attached hydrogens (tertiary/aromatic N) is 2. The molecule has 2 aliphatic rings. The number of carbonyl (C=O) groups excluding carboxylic acids is 2. The highest BCUT2D eigenvalue weighted by atomic mass is 16.5. The summed E-state index contributed by atoms with van der Waals surface area (Å²) in [7, 11) is 0. The zero-order valence-electron chi connectivity index (χ0n) is 17.9. The summed E-state index contributed by atoms with van der Waals surface area (Å²) in [6, 6.07) is 0. The summed E-state index contributed by atoms with van der Waals surface area (Å²) in [5.41, 5.74) is 0. The Morgan fingerprint density at radius 1 is 0.889 bits per heavy atom. The quantitative estimate of drug-likeness (QED) is 0.615. The summed E-state index contributed by atoms with van der Waals surface area (Å²) in [5.74, 6) is 2.24. The lowest BCUT2D eigenvalue weighted by Crippen LogP contribution is -2.41. The lowest BCUT2D eigenvalue weighted by Gasteiger charge is -2.35. The van der Waals surface area contributed by atoms with Gasteiger partial charge in [0, 0.05) is 19.0 Å². The maximum atomic E-state index is 12.1. The summed E-state index contributed by atoms with van der Waals surface area (Å²) >= 11 is 0. The van der Waals surface area contributed by atoms with Gasteiger partial charge in [0.15, 0.2) is 0 Å². The van der Waals surface area contributed by atoms with Crippen molar-refractivity contribution in [3.63, 3.8) is 0 Å². The highest BCUT2D eigenvalue weighted by molar-refractivity contribution is 5.82. The minimum Gasteiger partial charge on any atom is -0.369 e. The van der Waals surface area contributed by atoms with Crippen molar-refractivity contribution in [2.45, 2.75) is 72.3 Å². The maximum Gasteiger partial charge on any atom is 0.248 e. The van der Waals surface area contributed by atoms with Crippen molar-refractivity contribution in [2.75, 3.05) is 39.3 Å². The molecular weight excluding hydrogens is 340 g/mol. The summed E-state index contributed by atoms with van der Waals surface area (Å²) in [6.45, 7) is 12.7. The average Bonchev–Trinajstić information content (AvgIpc) is 2.65. The topological polar surface area (TPSA) is 49.9 Å². The van der Waals surface area contributed by atoms with Crippen LogP contribution in [0.2, 0.25) is 0 Å². The van der Waals surface area contributed by atoms with Crippen molar-refractivity contribution in [3.05, 3.63) is 0 Å². The number of likely N-dealkylation sites (tertiary alicyclic amines) is 2. The first-order valence-electron chi connectivity index (χ1n) is 11.0. The molecule has 5 heteroatoms. The van der Waals surface area contributed by atoms with Gasteiger partial charge in [0.2, 0.25) is 5.91 Å². The number of piperidine rings is 2. The second-order valence-electron chi connectivity index (χ2n) is 9.10. The van der Waals surface area contributed by atoms with Crippen molar-refractivity contribution < 1.29 is 14.3 Å². The van der Waals surface area contributed by atoms with Gasteiger partial charge in [-0.05, 0) is 64.5 Å². The van der Waals surface area contributed by atoms with Crippen LogP contribution in [0.1, 0.15) is 66.2 Å². The fraction of sp³-hybridized carbons (Fsp3) is 0.909. The number of hydrogen-bond donors (Lipinski definition) is 0. The lowest BCUT2D eigenvalue weighted by molar-refractivity contribution is -0.139. The summed E-state index contributed by atoms with van der Waals surface area (Å²) < 4.78 is 5.44. The molecule has 0 saturated carbocycles. The summed E-state index contributed by atoms with van der Waals surface area (Å²) in [6.07, 6.45) is 7.44. The van der Waals surface area contributed by atoms with Gasteiger partial charge in [0.25, 0.3) is 0 Å². The molecule has 0 radical (unpaired) electrons. The molecule has 2 heterocycles. The SMILES string of the molecule is CC(C)OCC(=O)N1CCC(CCC2CCN(CC(=O)C(C)C)CC2)CC1. The molecule has 0 aromatic heterocycles. The molecule has 0 atom stereocenters. The van der Waals surface area contributed by atoms with E-state index in [1.807, 2.05) is 32.6 Å². The zero-order chi connectivity index (χ0) is 19.8. The van der Waals surface area contributed by atoms with Crippen LogP contribution in [-0.4, -0.2) is 66.9 Å². The van der Waals surface area contributed by atoms with E-state index in [4.69, 9.17) is 4.74 Å². The Morgan fingerprint density at radius 3 is 1.89 bits per heavy atom. The van der Waals surface area contributed by atoms with Gasteiger partial charge in [0.1, 0.15) is 12.4 Å². The van der Waals surface area contributed by atoms with Crippen LogP contribution >= 0.6 is 0 Å². The molecule has 2 aliphatic heterocycles. The molecule has 1 amide bonds. The molecule has 2 saturated heterocycles. The van der Waals surface area contributed by atoms with Gasteiger partial charge in [0.05, 0.1) is 12.6 Å². The summed E-state index contributed by atoms with van der Waals surface area (Å²) in [4.78, 5) is 28.3. The number of Topliss-reactive ketones (excluding diaryl/α,β-unsaturated/α-hetero) is 1. The fourth-order valence-electron chi connectivity index (χ4n) is 4.11. The second kappa shape index (κ2) is 11.2. The fourth-order valence-corrected chi connectivity index (χ4v) is 4.11. The molecule has 0 bridgehead atoms. The van der Waals surface area contributed by atoms with Crippen LogP contribution < -0.4 is 0 Å². The smallest absolute Gasteiger partial charge is 0.248 e. The number of ether oxygens (including phenoxy) is 1. The maximum absolute atomic E-state index is 12.1. The van der Waals surface area contributed by atoms with E-state index >= 15 is 0 Å². The van der Waals surface area contributed by atoms with Crippen LogP contribution in [-0.2, 0) is 14.3 Å². The molecule has 0 aromatic rings. The third-order valence-electron chi connectivity index (χ3n) is 6.22. The van der Waals surface area contributed by atoms with E-state index in [1.165, 1.54) is 25.7 Å². The first kappa shape index (κ1) is 22.4. The van der Waals surface area contributed by atoms with Crippen molar-refractivity contribution in [1.29, 1.82) is 0 Å². The Balaban J connectivity index is 1.58. The van der Waals surface area contributed by atoms with Crippen LogP contribution in [0.25, 0.3) is 0 Å². The monoisotopic (exact) mass is 380 g/mol. The Morgan fingerprint density at radius 2 is 1.41 bits per heavy atom. The largest absolute Gasteiger partial charge is 0.369 e. The van der Waals surface area contributed by atoms with E-state index in [1.54, 1.807) is 0 Å². The second-order valence-corrected chi connectivity index (χ2v) is 9.10. The van der Waals surface area contributed by atoms with Crippen LogP contribution in [0.5, 0.6) is 0 Å². The van der Waals surface area contributed by atoms with Gasteiger partial charge < -0.3 is 9.64 Å².